The van der Waals surface area contributed by atoms with E-state index in [4.69, 9.17) is 0 Å². The van der Waals surface area contributed by atoms with E-state index in [1.807, 2.05) is 0 Å². The Morgan fingerprint density at radius 2 is 0.731 bits per heavy atom. The van der Waals surface area contributed by atoms with Gasteiger partial charge in [-0.2, -0.15) is 0 Å². The topological polar surface area (TPSA) is 4.44 Å². The summed E-state index contributed by atoms with van der Waals surface area (Å²) in [4.78, 5) is 1.42. The zero-order chi connectivity index (χ0) is 18.7. The van der Waals surface area contributed by atoms with Gasteiger partial charge in [0, 0.05) is 0 Å². The van der Waals surface area contributed by atoms with Crippen molar-refractivity contribution in [2.75, 3.05) is 48.8 Å². The summed E-state index contributed by atoms with van der Waals surface area (Å²) >= 11 is 0. The molecule has 0 aromatic heterocycles. The first kappa shape index (κ1) is 34.4. The van der Waals surface area contributed by atoms with Crippen molar-refractivity contribution in [1.82, 2.24) is 0 Å². The van der Waals surface area contributed by atoms with Crippen LogP contribution in [-0.2, 0) is 0 Å². The van der Waals surface area contributed by atoms with Gasteiger partial charge in [0.25, 0.3) is 0 Å². The smallest absolute Gasteiger partial charge is 0.0780 e. The lowest BCUT2D eigenvalue weighted by Gasteiger charge is -2.23. The van der Waals surface area contributed by atoms with Crippen molar-refractivity contribution in [3.63, 3.8) is 0 Å². The number of quaternary nitrogens is 2. The first-order valence-corrected chi connectivity index (χ1v) is 10.9. The van der Waals surface area contributed by atoms with Crippen LogP contribution in [0.3, 0.4) is 0 Å². The molecule has 0 unspecified atom stereocenters. The molecule has 0 rings (SSSR count). The molecule has 164 valence electrons. The fourth-order valence-corrected chi connectivity index (χ4v) is 2.78. The second-order valence-electron chi connectivity index (χ2n) is 9.11. The summed E-state index contributed by atoms with van der Waals surface area (Å²) in [7, 11) is 13.1. The third kappa shape index (κ3) is 44.4. The van der Waals surface area contributed by atoms with Crippen LogP contribution in [0.4, 0.5) is 0 Å². The fraction of sp³-hybridized carbons (Fsp3) is 1.00. The third-order valence-corrected chi connectivity index (χ3v) is 4.18. The molecule has 0 aliphatic carbocycles. The summed E-state index contributed by atoms with van der Waals surface area (Å²) < 4.78 is 1.12. The number of nitrogens with zero attached hydrogens (tertiary/aromatic N) is 1. The van der Waals surface area contributed by atoms with Crippen LogP contribution in [0.2, 0.25) is 0 Å². The van der Waals surface area contributed by atoms with E-state index in [0.29, 0.717) is 0 Å². The average molecular weight is 504 g/mol. The number of hydrogen-bond acceptors (Lipinski definition) is 0. The fourth-order valence-electron chi connectivity index (χ4n) is 2.78. The molecule has 1 N–H and O–H groups in total. The van der Waals surface area contributed by atoms with Gasteiger partial charge in [0.15, 0.2) is 0 Å². The molecule has 0 aromatic rings. The van der Waals surface area contributed by atoms with Crippen molar-refractivity contribution in [2.45, 2.75) is 96.8 Å². The standard InChI is InChI=1S/C19H42N.C3H9N.2BrH/c1-5-6-7-8-9-10-11-12-13-14-15-16-17-18-19-20(2,3)4;1-4(2)3;;/h5-19H2,1-4H3;1-3H3;2*1H/q+1;;;/p-1. The van der Waals surface area contributed by atoms with Gasteiger partial charge < -0.3 is 43.3 Å². The molecule has 0 bridgehead atoms. The maximum atomic E-state index is 2.29. The summed E-state index contributed by atoms with van der Waals surface area (Å²) in [6.45, 7) is 3.63. The lowest BCUT2D eigenvalue weighted by molar-refractivity contribution is -0.870. The van der Waals surface area contributed by atoms with Crippen molar-refractivity contribution in [3.05, 3.63) is 0 Å². The molecule has 0 heterocycles. The van der Waals surface area contributed by atoms with Crippen LogP contribution < -0.4 is 38.9 Å². The Morgan fingerprint density at radius 1 is 0.500 bits per heavy atom. The Morgan fingerprint density at radius 3 is 0.962 bits per heavy atom. The largest absolute Gasteiger partial charge is 1.00 e. The quantitative estimate of drug-likeness (QED) is 0.215. The van der Waals surface area contributed by atoms with Crippen molar-refractivity contribution < 1.29 is 43.3 Å². The highest BCUT2D eigenvalue weighted by Gasteiger charge is 2.04. The van der Waals surface area contributed by atoms with E-state index >= 15 is 0 Å². The van der Waals surface area contributed by atoms with Gasteiger partial charge in [-0.05, 0) is 12.8 Å². The normalized spacial score (nSPS) is 10.6. The van der Waals surface area contributed by atoms with Gasteiger partial charge in [0.2, 0.25) is 0 Å². The van der Waals surface area contributed by atoms with E-state index in [1.54, 1.807) is 0 Å². The summed E-state index contributed by atoms with van der Waals surface area (Å²) in [5.41, 5.74) is 0. The molecule has 0 aliphatic heterocycles. The van der Waals surface area contributed by atoms with Crippen LogP contribution in [0.25, 0.3) is 0 Å². The minimum atomic E-state index is 0. The van der Waals surface area contributed by atoms with Crippen LogP contribution in [0, 0.1) is 0 Å². The molecule has 0 radical (unpaired) electrons. The average Bonchev–Trinajstić information content (AvgIpc) is 2.46. The van der Waals surface area contributed by atoms with Crippen LogP contribution in [0.15, 0.2) is 0 Å². The van der Waals surface area contributed by atoms with Gasteiger partial charge in [0.1, 0.15) is 0 Å². The molecular weight excluding hydrogens is 452 g/mol. The van der Waals surface area contributed by atoms with Crippen molar-refractivity contribution >= 4 is 0 Å². The predicted molar refractivity (Wildman–Crippen MR) is 112 cm³/mol. The SMILES string of the molecule is CCCCCCCCCCCCCCCC[N+](C)(C)C.C[NH+](C)C.[Br-].[Br-]. The van der Waals surface area contributed by atoms with Crippen molar-refractivity contribution in [1.29, 1.82) is 0 Å². The zero-order valence-electron chi connectivity index (χ0n) is 19.3. The summed E-state index contributed by atoms with van der Waals surface area (Å²) in [5, 5.41) is 0. The van der Waals surface area contributed by atoms with E-state index < -0.39 is 0 Å². The lowest BCUT2D eigenvalue weighted by Crippen LogP contribution is -3.02. The number of halogens is 2. The molecule has 0 spiro atoms. The van der Waals surface area contributed by atoms with Crippen LogP contribution >= 0.6 is 0 Å². The first-order chi connectivity index (χ1) is 11.3. The van der Waals surface area contributed by atoms with Gasteiger partial charge in [-0.1, -0.05) is 84.0 Å². The first-order valence-electron chi connectivity index (χ1n) is 10.9. The second kappa shape index (κ2) is 25.9. The van der Waals surface area contributed by atoms with E-state index in [2.05, 4.69) is 49.2 Å². The Balaban J connectivity index is -0.000000363. The van der Waals surface area contributed by atoms with Crippen LogP contribution in [0.5, 0.6) is 0 Å². The lowest BCUT2D eigenvalue weighted by atomic mass is 10.0. The highest BCUT2D eigenvalue weighted by atomic mass is 79.9. The second-order valence-corrected chi connectivity index (χ2v) is 9.11. The minimum Gasteiger partial charge on any atom is -1.00 e. The molecular formula is C22H52Br2N2. The van der Waals surface area contributed by atoms with Crippen molar-refractivity contribution in [3.8, 4) is 0 Å². The molecule has 0 amide bonds. The highest BCUT2D eigenvalue weighted by Crippen LogP contribution is 2.13. The van der Waals surface area contributed by atoms with E-state index in [9.17, 15) is 0 Å². The summed E-state index contributed by atoms with van der Waals surface area (Å²) in [6, 6.07) is 0. The van der Waals surface area contributed by atoms with E-state index in [0.717, 1.165) is 4.48 Å². The number of rotatable bonds is 15. The summed E-state index contributed by atoms with van der Waals surface area (Å²) in [6.07, 6.45) is 20.4. The molecule has 0 aliphatic rings. The Bertz CT molecular complexity index is 226. The molecule has 0 fully saturated rings. The predicted octanol–water partition coefficient (Wildman–Crippen LogP) is -1.06. The van der Waals surface area contributed by atoms with E-state index in [1.165, 1.54) is 101 Å². The monoisotopic (exact) mass is 502 g/mol. The Kier molecular flexibility index (Phi) is 34.2. The zero-order valence-corrected chi connectivity index (χ0v) is 22.5. The van der Waals surface area contributed by atoms with Gasteiger partial charge in [-0.15, -0.1) is 0 Å². The van der Waals surface area contributed by atoms with E-state index in [-0.39, 0.29) is 34.0 Å². The van der Waals surface area contributed by atoms with Gasteiger partial charge >= 0.3 is 0 Å². The van der Waals surface area contributed by atoms with Crippen molar-refractivity contribution in [2.24, 2.45) is 0 Å². The van der Waals surface area contributed by atoms with Crippen LogP contribution in [0.1, 0.15) is 96.8 Å². The number of unbranched alkanes of at least 4 members (excludes halogenated alkanes) is 13. The third-order valence-electron chi connectivity index (χ3n) is 4.18. The molecule has 26 heavy (non-hydrogen) atoms. The molecule has 0 atom stereocenters. The van der Waals surface area contributed by atoms with Gasteiger partial charge in [0.05, 0.1) is 48.8 Å². The maximum absolute atomic E-state index is 2.29. The minimum absolute atomic E-state index is 0. The maximum Gasteiger partial charge on any atom is 0.0780 e. The highest BCUT2D eigenvalue weighted by molar-refractivity contribution is 4.49. The van der Waals surface area contributed by atoms with Gasteiger partial charge in [-0.3, -0.25) is 0 Å². The Hall–Kier alpha value is 0.880. The van der Waals surface area contributed by atoms with Crippen LogP contribution in [-0.4, -0.2) is 53.3 Å². The molecule has 0 saturated carbocycles. The molecule has 2 nitrogen and oxygen atoms in total. The summed E-state index contributed by atoms with van der Waals surface area (Å²) in [5.74, 6) is 0. The van der Waals surface area contributed by atoms with Gasteiger partial charge in [-0.25, -0.2) is 0 Å². The Labute approximate surface area is 188 Å². The molecule has 0 saturated heterocycles. The molecule has 0 aromatic carbocycles. The number of nitrogens with one attached hydrogen (secondary N) is 1. The number of hydrogen-bond donors (Lipinski definition) is 1. The molecule has 4 heteroatoms.